The molecule has 0 radical (unpaired) electrons. The Labute approximate surface area is 267 Å². The Morgan fingerprint density at radius 2 is 1.38 bits per heavy atom. The molecule has 0 aliphatic heterocycles. The highest BCUT2D eigenvalue weighted by Gasteiger charge is 2.28. The van der Waals surface area contributed by atoms with E-state index in [-0.39, 0.29) is 63.2 Å². The van der Waals surface area contributed by atoms with Gasteiger partial charge in [-0.15, -0.1) is 10.2 Å². The molecule has 0 aromatic carbocycles. The zero-order chi connectivity index (χ0) is 33.6. The fourth-order valence-corrected chi connectivity index (χ4v) is 5.78. The zero-order valence-electron chi connectivity index (χ0n) is 25.5. The van der Waals surface area contributed by atoms with Crippen molar-refractivity contribution in [1.82, 2.24) is 40.6 Å². The molecule has 2 rings (SSSR count). The molecule has 0 fully saturated rings. The van der Waals surface area contributed by atoms with Crippen LogP contribution in [0.5, 0.6) is 0 Å². The van der Waals surface area contributed by atoms with Gasteiger partial charge >= 0.3 is 0 Å². The minimum Gasteiger partial charge on any atom is -0.346 e. The van der Waals surface area contributed by atoms with Gasteiger partial charge < -0.3 is 10.6 Å². The van der Waals surface area contributed by atoms with Gasteiger partial charge in [0.2, 0.25) is 5.91 Å². The molecule has 17 nitrogen and oxygen atoms in total. The average molecular weight is 695 g/mol. The van der Waals surface area contributed by atoms with Crippen LogP contribution in [0.2, 0.25) is 0 Å². The molecule has 0 spiro atoms. The first-order valence-corrected chi connectivity index (χ1v) is 18.9. The summed E-state index contributed by atoms with van der Waals surface area (Å²) < 4.78 is 64.3. The van der Waals surface area contributed by atoms with Gasteiger partial charge in [0.05, 0.1) is 35.0 Å². The molecular formula is C25H42N8O9S3. The second-order valence-electron chi connectivity index (χ2n) is 10.7. The summed E-state index contributed by atoms with van der Waals surface area (Å²) in [5.41, 5.74) is 0.893. The van der Waals surface area contributed by atoms with Gasteiger partial charge in [0.15, 0.2) is 11.6 Å². The van der Waals surface area contributed by atoms with E-state index in [0.717, 1.165) is 5.75 Å². The molecule has 3 atom stereocenters. The van der Waals surface area contributed by atoms with Gasteiger partial charge in [0.25, 0.3) is 20.2 Å². The van der Waals surface area contributed by atoms with E-state index in [1.54, 1.807) is 38.1 Å². The number of carbonyl (C=O) groups excluding carboxylic acids is 3. The summed E-state index contributed by atoms with van der Waals surface area (Å²) in [6.07, 6.45) is 6.29. The summed E-state index contributed by atoms with van der Waals surface area (Å²) in [4.78, 5) is 39.3. The van der Waals surface area contributed by atoms with E-state index in [0.29, 0.717) is 17.8 Å². The Balaban J connectivity index is 1.99. The van der Waals surface area contributed by atoms with Gasteiger partial charge in [0, 0.05) is 57.1 Å². The molecule has 2 heterocycles. The summed E-state index contributed by atoms with van der Waals surface area (Å²) in [6.45, 7) is 1.98. The predicted molar refractivity (Wildman–Crippen MR) is 166 cm³/mol. The molecule has 0 saturated heterocycles. The normalized spacial score (nSPS) is 14.2. The SMILES string of the molecule is CN[C@@H](Cc1cn(CCCS(=O)(=O)O)nn1)C(=O)C[C@@H](C)C(=O)N[C@@H](Cc1cn(CCCS(=O)(=O)O)nn1)C(=O)CCCSC. The molecule has 2 aromatic heterocycles. The second-order valence-corrected chi connectivity index (χ2v) is 14.8. The van der Waals surface area contributed by atoms with E-state index in [1.165, 1.54) is 9.36 Å². The predicted octanol–water partition coefficient (Wildman–Crippen LogP) is -0.409. The van der Waals surface area contributed by atoms with Crippen molar-refractivity contribution in [2.45, 2.75) is 77.0 Å². The maximum absolute atomic E-state index is 13.1. The number of aromatic nitrogens is 6. The van der Waals surface area contributed by atoms with Crippen molar-refractivity contribution in [3.05, 3.63) is 23.8 Å². The molecule has 2 aromatic rings. The monoisotopic (exact) mass is 694 g/mol. The average Bonchev–Trinajstić information content (AvgIpc) is 3.58. The highest BCUT2D eigenvalue weighted by Crippen LogP contribution is 2.12. The van der Waals surface area contributed by atoms with Crippen LogP contribution < -0.4 is 10.6 Å². The maximum atomic E-state index is 13.1. The van der Waals surface area contributed by atoms with Crippen molar-refractivity contribution in [2.24, 2.45) is 5.92 Å². The van der Waals surface area contributed by atoms with Crippen LogP contribution >= 0.6 is 11.8 Å². The number of nitrogens with one attached hydrogen (secondary N) is 2. The van der Waals surface area contributed by atoms with E-state index in [9.17, 15) is 31.2 Å². The number of aryl methyl sites for hydroxylation is 2. The van der Waals surface area contributed by atoms with Crippen molar-refractivity contribution < 1.29 is 40.3 Å². The van der Waals surface area contributed by atoms with Crippen molar-refractivity contribution in [3.8, 4) is 0 Å². The molecular weight excluding hydrogens is 653 g/mol. The fraction of sp³-hybridized carbons (Fsp3) is 0.720. The highest BCUT2D eigenvalue weighted by atomic mass is 32.2. The second kappa shape index (κ2) is 18.4. The van der Waals surface area contributed by atoms with Gasteiger partial charge in [-0.25, -0.2) is 0 Å². The topological polar surface area (TPSA) is 245 Å². The number of carbonyl (C=O) groups is 3. The number of hydrogen-bond donors (Lipinski definition) is 4. The van der Waals surface area contributed by atoms with E-state index < -0.39 is 55.7 Å². The third-order valence-corrected chi connectivity index (χ3v) is 9.05. The van der Waals surface area contributed by atoms with Crippen LogP contribution in [0.1, 0.15) is 50.4 Å². The Kier molecular flexibility index (Phi) is 15.7. The third-order valence-electron chi connectivity index (χ3n) is 6.75. The van der Waals surface area contributed by atoms with Crippen molar-refractivity contribution >= 4 is 49.5 Å². The molecule has 254 valence electrons. The van der Waals surface area contributed by atoms with Crippen LogP contribution in [0, 0.1) is 5.92 Å². The minimum absolute atomic E-state index is 0.0574. The summed E-state index contributed by atoms with van der Waals surface area (Å²) >= 11 is 1.60. The fourth-order valence-electron chi connectivity index (χ4n) is 4.36. The van der Waals surface area contributed by atoms with Gasteiger partial charge in [-0.05, 0) is 38.3 Å². The van der Waals surface area contributed by atoms with E-state index >= 15 is 0 Å². The van der Waals surface area contributed by atoms with Crippen molar-refractivity contribution in [1.29, 1.82) is 0 Å². The quantitative estimate of drug-likeness (QED) is 0.0853. The molecule has 0 saturated carbocycles. The smallest absolute Gasteiger partial charge is 0.264 e. The van der Waals surface area contributed by atoms with Crippen LogP contribution in [0.25, 0.3) is 0 Å². The lowest BCUT2D eigenvalue weighted by atomic mass is 9.96. The first kappa shape index (κ1) is 38.4. The summed E-state index contributed by atoms with van der Waals surface area (Å²) in [5, 5.41) is 21.6. The third kappa shape index (κ3) is 15.4. The minimum atomic E-state index is -4.10. The van der Waals surface area contributed by atoms with Crippen LogP contribution in [-0.2, 0) is 60.6 Å². The van der Waals surface area contributed by atoms with Gasteiger partial charge in [-0.3, -0.25) is 32.9 Å². The van der Waals surface area contributed by atoms with E-state index in [4.69, 9.17) is 9.11 Å². The molecule has 20 heteroatoms. The molecule has 1 amide bonds. The van der Waals surface area contributed by atoms with Crippen LogP contribution in [-0.4, -0.2) is 116 Å². The van der Waals surface area contributed by atoms with Crippen molar-refractivity contribution in [3.63, 3.8) is 0 Å². The summed E-state index contributed by atoms with van der Waals surface area (Å²) in [6, 6.07) is -1.58. The number of rotatable bonds is 23. The Hall–Kier alpha value is -2.78. The number of nitrogens with zero attached hydrogens (tertiary/aromatic N) is 6. The number of thioether (sulfide) groups is 1. The first-order chi connectivity index (χ1) is 21.1. The highest BCUT2D eigenvalue weighted by molar-refractivity contribution is 7.98. The lowest BCUT2D eigenvalue weighted by Gasteiger charge is -2.21. The number of hydrogen-bond acceptors (Lipinski definition) is 13. The van der Waals surface area contributed by atoms with Crippen LogP contribution in [0.3, 0.4) is 0 Å². The first-order valence-electron chi connectivity index (χ1n) is 14.3. The molecule has 0 aliphatic carbocycles. The zero-order valence-corrected chi connectivity index (χ0v) is 28.0. The van der Waals surface area contributed by atoms with Gasteiger partial charge in [-0.1, -0.05) is 17.4 Å². The molecule has 0 bridgehead atoms. The molecule has 0 unspecified atom stereocenters. The Morgan fingerprint density at radius 1 is 0.867 bits per heavy atom. The van der Waals surface area contributed by atoms with Crippen LogP contribution in [0.4, 0.5) is 0 Å². The lowest BCUT2D eigenvalue weighted by Crippen LogP contribution is -2.46. The number of ketones is 2. The Morgan fingerprint density at radius 3 is 1.84 bits per heavy atom. The van der Waals surface area contributed by atoms with E-state index in [2.05, 4.69) is 31.3 Å². The molecule has 4 N–H and O–H groups in total. The number of amides is 1. The van der Waals surface area contributed by atoms with Crippen LogP contribution in [0.15, 0.2) is 12.4 Å². The van der Waals surface area contributed by atoms with Gasteiger partial charge in [0.1, 0.15) is 0 Å². The van der Waals surface area contributed by atoms with E-state index in [1.807, 2.05) is 6.26 Å². The molecule has 45 heavy (non-hydrogen) atoms. The Bertz CT molecular complexity index is 1480. The maximum Gasteiger partial charge on any atom is 0.264 e. The molecule has 0 aliphatic rings. The van der Waals surface area contributed by atoms with Crippen molar-refractivity contribution in [2.75, 3.05) is 30.6 Å². The largest absolute Gasteiger partial charge is 0.346 e. The summed E-state index contributed by atoms with van der Waals surface area (Å²) in [5.74, 6) is -1.76. The lowest BCUT2D eigenvalue weighted by molar-refractivity contribution is -0.132. The standard InChI is InChI=1S/C25H42N8O9S3/c1-18(13-24(35)21(26-2)14-19-16-32(30-28-19)8-5-11-44(37,38)39)25(36)27-22(23(34)7-4-10-43-3)15-20-17-33(31-29-20)9-6-12-45(40,41)42/h16-18,21-22,26H,4-15H2,1-3H3,(H,27,36)(H,37,38,39)(H,40,41,42)/t18-,21+,22+/m1/s1. The number of likely N-dealkylation sites (N-methyl/N-ethyl adjacent to an activating group) is 1. The number of Topliss-reactive ketones (excluding diaryl/α,β-unsaturated/α-hetero) is 2. The summed E-state index contributed by atoms with van der Waals surface area (Å²) in [7, 11) is -6.58. The van der Waals surface area contributed by atoms with Gasteiger partial charge in [-0.2, -0.15) is 28.6 Å².